The van der Waals surface area contributed by atoms with Crippen LogP contribution in [0, 0.1) is 0 Å². The first-order valence-electron chi connectivity index (χ1n) is 12.8. The third-order valence-corrected chi connectivity index (χ3v) is 7.73. The van der Waals surface area contributed by atoms with Crippen molar-refractivity contribution in [3.63, 3.8) is 0 Å². The van der Waals surface area contributed by atoms with Crippen LogP contribution in [-0.4, -0.2) is 37.7 Å². The average molecular weight is 637 g/mol. The smallest absolute Gasteiger partial charge is 0.272 e. The number of halogens is 2. The van der Waals surface area contributed by atoms with Crippen LogP contribution in [0.15, 0.2) is 102 Å². The molecule has 0 saturated heterocycles. The van der Waals surface area contributed by atoms with Gasteiger partial charge in [0.25, 0.3) is 11.8 Å². The Morgan fingerprint density at radius 1 is 0.791 bits per heavy atom. The number of hydrogen-bond acceptors (Lipinski definition) is 6. The highest BCUT2D eigenvalue weighted by Gasteiger charge is 2.17. The van der Waals surface area contributed by atoms with Crippen LogP contribution in [0.25, 0.3) is 6.08 Å². The van der Waals surface area contributed by atoms with Crippen molar-refractivity contribution in [2.75, 3.05) is 30.6 Å². The monoisotopic (exact) mass is 635 g/mol. The van der Waals surface area contributed by atoms with Gasteiger partial charge in [0, 0.05) is 40.0 Å². The van der Waals surface area contributed by atoms with Crippen molar-refractivity contribution in [2.45, 2.75) is 4.90 Å². The van der Waals surface area contributed by atoms with Crippen molar-refractivity contribution < 1.29 is 23.9 Å². The van der Waals surface area contributed by atoms with E-state index < -0.39 is 11.8 Å². The van der Waals surface area contributed by atoms with Gasteiger partial charge < -0.3 is 25.4 Å². The van der Waals surface area contributed by atoms with Gasteiger partial charge in [-0.3, -0.25) is 14.4 Å². The molecule has 4 rings (SSSR count). The van der Waals surface area contributed by atoms with Gasteiger partial charge in [0.2, 0.25) is 5.91 Å². The summed E-state index contributed by atoms with van der Waals surface area (Å²) in [5.74, 6) is -0.0607. The van der Waals surface area contributed by atoms with Crippen LogP contribution in [0.4, 0.5) is 11.4 Å². The molecule has 4 aromatic rings. The number of carbonyl (C=O) groups is 3. The Bertz CT molecular complexity index is 1640. The van der Waals surface area contributed by atoms with E-state index in [-0.39, 0.29) is 22.4 Å². The number of thioether (sulfide) groups is 1. The molecule has 4 aromatic carbocycles. The van der Waals surface area contributed by atoms with E-state index in [1.165, 1.54) is 32.1 Å². The topological polar surface area (TPSA) is 106 Å². The molecular formula is C32H27Cl2N3O5S. The summed E-state index contributed by atoms with van der Waals surface area (Å²) in [5.41, 5.74) is 1.80. The zero-order valence-electron chi connectivity index (χ0n) is 23.2. The van der Waals surface area contributed by atoms with Crippen molar-refractivity contribution >= 4 is 70.1 Å². The maximum absolute atomic E-state index is 13.4. The molecule has 0 radical (unpaired) electrons. The summed E-state index contributed by atoms with van der Waals surface area (Å²) >= 11 is 13.8. The van der Waals surface area contributed by atoms with Gasteiger partial charge in [-0.1, -0.05) is 59.6 Å². The third kappa shape index (κ3) is 9.02. The van der Waals surface area contributed by atoms with Crippen LogP contribution < -0.4 is 25.4 Å². The number of benzene rings is 4. The highest BCUT2D eigenvalue weighted by atomic mass is 35.5. The van der Waals surface area contributed by atoms with Gasteiger partial charge >= 0.3 is 0 Å². The van der Waals surface area contributed by atoms with Crippen LogP contribution >= 0.6 is 35.0 Å². The fourth-order valence-corrected chi connectivity index (χ4v) is 4.93. The second kappa shape index (κ2) is 15.2. The van der Waals surface area contributed by atoms with Crippen molar-refractivity contribution in [1.82, 2.24) is 5.32 Å². The molecule has 8 nitrogen and oxygen atoms in total. The Balaban J connectivity index is 1.47. The first-order valence-corrected chi connectivity index (χ1v) is 14.6. The predicted octanol–water partition coefficient (Wildman–Crippen LogP) is 7.15. The van der Waals surface area contributed by atoms with E-state index >= 15 is 0 Å². The molecule has 3 amide bonds. The highest BCUT2D eigenvalue weighted by molar-refractivity contribution is 8.00. The lowest BCUT2D eigenvalue weighted by atomic mass is 10.1. The number of hydrogen-bond donors (Lipinski definition) is 3. The zero-order chi connectivity index (χ0) is 30.8. The summed E-state index contributed by atoms with van der Waals surface area (Å²) in [6.45, 7) is 0. The number of nitrogens with one attached hydrogen (secondary N) is 3. The first-order chi connectivity index (χ1) is 20.7. The minimum Gasteiger partial charge on any atom is -0.497 e. The molecule has 0 bridgehead atoms. The minimum atomic E-state index is -0.577. The molecule has 0 saturated carbocycles. The molecule has 0 spiro atoms. The Labute approximate surface area is 263 Å². The van der Waals surface area contributed by atoms with E-state index in [1.807, 2.05) is 6.07 Å². The Kier molecular flexibility index (Phi) is 11.1. The van der Waals surface area contributed by atoms with E-state index in [1.54, 1.807) is 84.9 Å². The summed E-state index contributed by atoms with van der Waals surface area (Å²) in [5, 5.41) is 8.86. The van der Waals surface area contributed by atoms with Gasteiger partial charge in [-0.25, -0.2) is 0 Å². The number of anilines is 2. The van der Waals surface area contributed by atoms with Crippen LogP contribution in [0.1, 0.15) is 15.9 Å². The van der Waals surface area contributed by atoms with Gasteiger partial charge in [0.1, 0.15) is 17.2 Å². The molecule has 11 heteroatoms. The lowest BCUT2D eigenvalue weighted by Crippen LogP contribution is -2.30. The molecule has 0 aliphatic heterocycles. The van der Waals surface area contributed by atoms with Crippen LogP contribution in [0.3, 0.4) is 0 Å². The molecule has 0 aromatic heterocycles. The number of carbonyl (C=O) groups excluding carboxylic acids is 3. The van der Waals surface area contributed by atoms with Gasteiger partial charge in [0.05, 0.1) is 30.0 Å². The molecule has 3 N–H and O–H groups in total. The van der Waals surface area contributed by atoms with E-state index in [0.717, 1.165) is 4.90 Å². The van der Waals surface area contributed by atoms with Crippen LogP contribution in [0.5, 0.6) is 11.5 Å². The minimum absolute atomic E-state index is 0.0378. The first kappa shape index (κ1) is 31.5. The molecule has 0 atom stereocenters. The maximum atomic E-state index is 13.4. The van der Waals surface area contributed by atoms with E-state index in [0.29, 0.717) is 39.0 Å². The largest absolute Gasteiger partial charge is 0.497 e. The normalized spacial score (nSPS) is 10.9. The second-order valence-corrected chi connectivity index (χ2v) is 10.8. The lowest BCUT2D eigenvalue weighted by molar-refractivity contribution is -0.114. The van der Waals surface area contributed by atoms with Crippen LogP contribution in [0.2, 0.25) is 10.0 Å². The Morgan fingerprint density at radius 3 is 2.19 bits per heavy atom. The average Bonchev–Trinajstić information content (AvgIpc) is 3.02. The number of rotatable bonds is 11. The quantitative estimate of drug-likeness (QED) is 0.119. The standard InChI is InChI=1S/C32H27Cl2N3O5S/c1-41-24-15-23(16-25(18-24)42-2)35-29(38)19-43-26-12-7-11-22(17-26)36-32(40)28(14-21-10-6-13-27(33)30(21)34)37-31(39)20-8-4-3-5-9-20/h3-18H,19H2,1-2H3,(H,35,38)(H,36,40)(H,37,39)/b28-14+. The van der Waals surface area contributed by atoms with Gasteiger partial charge in [-0.2, -0.15) is 0 Å². The van der Waals surface area contributed by atoms with E-state index in [9.17, 15) is 14.4 Å². The van der Waals surface area contributed by atoms with Gasteiger partial charge in [0.15, 0.2) is 0 Å². The Hall–Kier alpha value is -4.44. The summed E-state index contributed by atoms with van der Waals surface area (Å²) in [7, 11) is 3.06. The molecule has 43 heavy (non-hydrogen) atoms. The van der Waals surface area contributed by atoms with Crippen molar-refractivity contribution in [2.24, 2.45) is 0 Å². The van der Waals surface area contributed by atoms with E-state index in [2.05, 4.69) is 16.0 Å². The zero-order valence-corrected chi connectivity index (χ0v) is 25.5. The fraction of sp³-hybridized carbons (Fsp3) is 0.0938. The molecule has 0 fully saturated rings. The predicted molar refractivity (Wildman–Crippen MR) is 172 cm³/mol. The molecule has 220 valence electrons. The number of ether oxygens (including phenoxy) is 2. The van der Waals surface area contributed by atoms with Crippen molar-refractivity contribution in [3.05, 3.63) is 118 Å². The van der Waals surface area contributed by atoms with Gasteiger partial charge in [-0.05, 0) is 48.0 Å². The molecular weight excluding hydrogens is 609 g/mol. The second-order valence-electron chi connectivity index (χ2n) is 8.94. The van der Waals surface area contributed by atoms with Crippen molar-refractivity contribution in [1.29, 1.82) is 0 Å². The lowest BCUT2D eigenvalue weighted by Gasteiger charge is -2.13. The molecule has 0 aliphatic rings. The summed E-state index contributed by atoms with van der Waals surface area (Å²) < 4.78 is 10.5. The molecule has 0 heterocycles. The van der Waals surface area contributed by atoms with Gasteiger partial charge in [-0.15, -0.1) is 11.8 Å². The highest BCUT2D eigenvalue weighted by Crippen LogP contribution is 2.28. The van der Waals surface area contributed by atoms with Crippen LogP contribution in [-0.2, 0) is 9.59 Å². The third-order valence-electron chi connectivity index (χ3n) is 5.91. The van der Waals surface area contributed by atoms with E-state index in [4.69, 9.17) is 32.7 Å². The number of methoxy groups -OCH3 is 2. The Morgan fingerprint density at radius 2 is 1.49 bits per heavy atom. The maximum Gasteiger partial charge on any atom is 0.272 e. The molecule has 0 unspecified atom stereocenters. The van der Waals surface area contributed by atoms with Crippen molar-refractivity contribution in [3.8, 4) is 11.5 Å². The summed E-state index contributed by atoms with van der Waals surface area (Å²) in [6, 6.07) is 25.6. The fourth-order valence-electron chi connectivity index (χ4n) is 3.82. The molecule has 0 aliphatic carbocycles. The summed E-state index contributed by atoms with van der Waals surface area (Å²) in [6.07, 6.45) is 1.46. The number of amides is 3. The SMILES string of the molecule is COc1cc(NC(=O)CSc2cccc(NC(=O)/C(=C\c3cccc(Cl)c3Cl)NC(=O)c3ccccc3)c2)cc(OC)c1. The summed E-state index contributed by atoms with van der Waals surface area (Å²) in [4.78, 5) is 39.7.